The Morgan fingerprint density at radius 2 is 1.90 bits per heavy atom. The first-order chi connectivity index (χ1) is 14.4. The summed E-state index contributed by atoms with van der Waals surface area (Å²) in [6, 6.07) is 4.95. The molecule has 2 fully saturated rings. The molecule has 0 N–H and O–H groups in total. The van der Waals surface area contributed by atoms with E-state index in [0.29, 0.717) is 31.8 Å². The highest BCUT2D eigenvalue weighted by Crippen LogP contribution is 2.24. The summed E-state index contributed by atoms with van der Waals surface area (Å²) in [5.74, 6) is 2.17. The number of hydrogen-bond donors (Lipinski definition) is 0. The lowest BCUT2D eigenvalue weighted by atomic mass is 10.1. The third kappa shape index (κ3) is 4.04. The molecule has 0 aromatic carbocycles. The van der Waals surface area contributed by atoms with Crippen molar-refractivity contribution in [2.45, 2.75) is 45.6 Å². The maximum atomic E-state index is 13.2. The van der Waals surface area contributed by atoms with Crippen molar-refractivity contribution in [3.8, 4) is 0 Å². The summed E-state index contributed by atoms with van der Waals surface area (Å²) < 4.78 is 5.25. The second-order valence-corrected chi connectivity index (χ2v) is 8.33. The average Bonchev–Trinajstić information content (AvgIpc) is 3.44. The number of hydrogen-bond acceptors (Lipinski definition) is 6. The second-order valence-electron chi connectivity index (χ2n) is 8.33. The molecular weight excluding hydrogens is 382 g/mol. The standard InChI is InChI=1S/C22H29N5O3/c1-15(2)20-23-16(3)14-19(24-20)25-9-11-26(12-10-25)21(28)17-6-4-8-27(17)22(29)18-7-5-13-30-18/h5,7,13-15,17H,4,6,8-12H2,1-3H3. The van der Waals surface area contributed by atoms with Gasteiger partial charge < -0.3 is 19.1 Å². The lowest BCUT2D eigenvalue weighted by molar-refractivity contribution is -0.135. The highest BCUT2D eigenvalue weighted by atomic mass is 16.3. The minimum atomic E-state index is -0.400. The van der Waals surface area contributed by atoms with E-state index >= 15 is 0 Å². The zero-order valence-electron chi connectivity index (χ0n) is 17.9. The van der Waals surface area contributed by atoms with E-state index in [1.165, 1.54) is 6.26 Å². The Morgan fingerprint density at radius 3 is 2.57 bits per heavy atom. The Bertz CT molecular complexity index is 904. The molecule has 0 bridgehead atoms. The van der Waals surface area contributed by atoms with Gasteiger partial charge in [-0.2, -0.15) is 0 Å². The maximum absolute atomic E-state index is 13.2. The van der Waals surface area contributed by atoms with E-state index in [9.17, 15) is 9.59 Å². The SMILES string of the molecule is Cc1cc(N2CCN(C(=O)C3CCCN3C(=O)c3ccco3)CC2)nc(C(C)C)n1. The van der Waals surface area contributed by atoms with Crippen LogP contribution in [0.1, 0.15) is 54.7 Å². The van der Waals surface area contributed by atoms with Crippen LogP contribution in [0.5, 0.6) is 0 Å². The second kappa shape index (κ2) is 8.45. The zero-order valence-corrected chi connectivity index (χ0v) is 17.9. The van der Waals surface area contributed by atoms with Gasteiger partial charge in [0.2, 0.25) is 5.91 Å². The molecule has 4 heterocycles. The third-order valence-corrected chi connectivity index (χ3v) is 5.82. The first-order valence-corrected chi connectivity index (χ1v) is 10.7. The summed E-state index contributed by atoms with van der Waals surface area (Å²) in [4.78, 5) is 40.9. The smallest absolute Gasteiger partial charge is 0.290 e. The number of piperazine rings is 1. The summed E-state index contributed by atoms with van der Waals surface area (Å²) in [6.07, 6.45) is 3.02. The fraction of sp³-hybridized carbons (Fsp3) is 0.545. The Morgan fingerprint density at radius 1 is 1.13 bits per heavy atom. The van der Waals surface area contributed by atoms with Crippen LogP contribution in [-0.2, 0) is 4.79 Å². The van der Waals surface area contributed by atoms with Crippen molar-refractivity contribution in [2.75, 3.05) is 37.6 Å². The van der Waals surface area contributed by atoms with Crippen LogP contribution in [-0.4, -0.2) is 70.3 Å². The van der Waals surface area contributed by atoms with Crippen LogP contribution in [0.3, 0.4) is 0 Å². The van der Waals surface area contributed by atoms with Crippen LogP contribution in [0.25, 0.3) is 0 Å². The van der Waals surface area contributed by atoms with Crippen molar-refractivity contribution in [2.24, 2.45) is 0 Å². The van der Waals surface area contributed by atoms with Crippen molar-refractivity contribution in [3.05, 3.63) is 41.7 Å². The minimum absolute atomic E-state index is 0.0359. The molecule has 2 aromatic rings. The van der Waals surface area contributed by atoms with Gasteiger partial charge >= 0.3 is 0 Å². The van der Waals surface area contributed by atoms with Crippen molar-refractivity contribution in [3.63, 3.8) is 0 Å². The lowest BCUT2D eigenvalue weighted by Crippen LogP contribution is -2.54. The van der Waals surface area contributed by atoms with Gasteiger partial charge in [-0.1, -0.05) is 13.8 Å². The van der Waals surface area contributed by atoms with Crippen molar-refractivity contribution in [1.82, 2.24) is 19.8 Å². The van der Waals surface area contributed by atoms with E-state index in [4.69, 9.17) is 9.40 Å². The molecule has 2 aliphatic rings. The van der Waals surface area contributed by atoms with Crippen LogP contribution in [0.15, 0.2) is 28.9 Å². The topological polar surface area (TPSA) is 82.8 Å². The monoisotopic (exact) mass is 411 g/mol. The lowest BCUT2D eigenvalue weighted by Gasteiger charge is -2.38. The van der Waals surface area contributed by atoms with Gasteiger partial charge in [0, 0.05) is 50.4 Å². The van der Waals surface area contributed by atoms with E-state index in [1.54, 1.807) is 17.0 Å². The number of furan rings is 1. The summed E-state index contributed by atoms with van der Waals surface area (Å²) in [5, 5.41) is 0. The first-order valence-electron chi connectivity index (χ1n) is 10.7. The molecule has 0 saturated carbocycles. The van der Waals surface area contributed by atoms with Gasteiger partial charge in [-0.05, 0) is 31.9 Å². The Labute approximate surface area is 176 Å². The molecule has 0 aliphatic carbocycles. The highest BCUT2D eigenvalue weighted by molar-refractivity contribution is 5.96. The molecule has 8 nitrogen and oxygen atoms in total. The quantitative estimate of drug-likeness (QED) is 0.769. The molecule has 2 amide bonds. The molecule has 2 saturated heterocycles. The molecule has 1 atom stereocenters. The maximum Gasteiger partial charge on any atom is 0.290 e. The fourth-order valence-electron chi connectivity index (χ4n) is 4.17. The molecule has 2 aliphatic heterocycles. The predicted molar refractivity (Wildman–Crippen MR) is 112 cm³/mol. The van der Waals surface area contributed by atoms with Gasteiger partial charge in [-0.15, -0.1) is 0 Å². The molecule has 0 spiro atoms. The van der Waals surface area contributed by atoms with E-state index in [-0.39, 0.29) is 17.7 Å². The Balaban J connectivity index is 1.40. The van der Waals surface area contributed by atoms with Gasteiger partial charge in [0.25, 0.3) is 5.91 Å². The van der Waals surface area contributed by atoms with E-state index in [1.807, 2.05) is 17.9 Å². The van der Waals surface area contributed by atoms with Crippen LogP contribution < -0.4 is 4.90 Å². The van der Waals surface area contributed by atoms with Crippen LogP contribution in [0.4, 0.5) is 5.82 Å². The van der Waals surface area contributed by atoms with Crippen molar-refractivity contribution in [1.29, 1.82) is 0 Å². The molecule has 2 aromatic heterocycles. The van der Waals surface area contributed by atoms with Gasteiger partial charge in [0.15, 0.2) is 5.76 Å². The number of likely N-dealkylation sites (tertiary alicyclic amines) is 1. The summed E-state index contributed by atoms with van der Waals surface area (Å²) >= 11 is 0. The number of aryl methyl sites for hydroxylation is 1. The third-order valence-electron chi connectivity index (χ3n) is 5.82. The van der Waals surface area contributed by atoms with E-state index in [0.717, 1.165) is 36.8 Å². The van der Waals surface area contributed by atoms with Gasteiger partial charge in [-0.3, -0.25) is 9.59 Å². The zero-order chi connectivity index (χ0) is 21.3. The minimum Gasteiger partial charge on any atom is -0.459 e. The summed E-state index contributed by atoms with van der Waals surface area (Å²) in [5.41, 5.74) is 0.959. The van der Waals surface area contributed by atoms with Crippen LogP contribution in [0, 0.1) is 6.92 Å². The molecular formula is C22H29N5O3. The highest BCUT2D eigenvalue weighted by Gasteiger charge is 2.38. The fourth-order valence-corrected chi connectivity index (χ4v) is 4.17. The van der Waals surface area contributed by atoms with E-state index < -0.39 is 6.04 Å². The summed E-state index contributed by atoms with van der Waals surface area (Å²) in [6.45, 7) is 9.45. The number of amides is 2. The summed E-state index contributed by atoms with van der Waals surface area (Å²) in [7, 11) is 0. The predicted octanol–water partition coefficient (Wildman–Crippen LogP) is 2.45. The molecule has 8 heteroatoms. The van der Waals surface area contributed by atoms with E-state index in [2.05, 4.69) is 23.7 Å². The van der Waals surface area contributed by atoms with Crippen LogP contribution >= 0.6 is 0 Å². The molecule has 4 rings (SSSR count). The number of carbonyl (C=O) groups excluding carboxylic acids is 2. The number of nitrogens with zero attached hydrogens (tertiary/aromatic N) is 5. The average molecular weight is 412 g/mol. The normalized spacial score (nSPS) is 19.6. The first kappa shape index (κ1) is 20.4. The Kier molecular flexibility index (Phi) is 5.74. The molecule has 1 unspecified atom stereocenters. The molecule has 30 heavy (non-hydrogen) atoms. The Hall–Kier alpha value is -2.90. The van der Waals surface area contributed by atoms with Gasteiger partial charge in [0.1, 0.15) is 17.7 Å². The number of anilines is 1. The number of rotatable bonds is 4. The molecule has 160 valence electrons. The molecule has 0 radical (unpaired) electrons. The van der Waals surface area contributed by atoms with Gasteiger partial charge in [0.05, 0.1) is 6.26 Å². The number of carbonyl (C=O) groups is 2. The number of aromatic nitrogens is 2. The van der Waals surface area contributed by atoms with Crippen molar-refractivity contribution >= 4 is 17.6 Å². The van der Waals surface area contributed by atoms with Crippen LogP contribution in [0.2, 0.25) is 0 Å². The van der Waals surface area contributed by atoms with Gasteiger partial charge in [-0.25, -0.2) is 9.97 Å². The van der Waals surface area contributed by atoms with Crippen molar-refractivity contribution < 1.29 is 14.0 Å². The largest absolute Gasteiger partial charge is 0.459 e.